The molecule has 3 nitrogen and oxygen atoms in total. The summed E-state index contributed by atoms with van der Waals surface area (Å²) in [5.41, 5.74) is 0.345. The molecule has 1 atom stereocenters. The fraction of sp³-hybridized carbons (Fsp3) is 0.533. The van der Waals surface area contributed by atoms with Gasteiger partial charge < -0.3 is 4.74 Å². The van der Waals surface area contributed by atoms with E-state index in [-0.39, 0.29) is 12.2 Å². The second-order valence-corrected chi connectivity index (χ2v) is 5.37. The molecule has 1 aliphatic rings. The van der Waals surface area contributed by atoms with E-state index in [2.05, 4.69) is 18.7 Å². The van der Waals surface area contributed by atoms with Crippen molar-refractivity contribution in [2.24, 2.45) is 0 Å². The standard InChI is InChI=1S/C15H19F2NO2/c1-10(2)18-3-4-20-15(9-18)14(19)7-11-5-12(16)8-13(17)6-11/h5-6,8,10,15H,3-4,7,9H2,1-2H3. The maximum absolute atomic E-state index is 13.1. The number of morpholine rings is 1. The number of carbonyl (C=O) groups is 1. The zero-order valence-electron chi connectivity index (χ0n) is 11.7. The molecule has 110 valence electrons. The van der Waals surface area contributed by atoms with E-state index in [1.165, 1.54) is 12.1 Å². The average molecular weight is 283 g/mol. The maximum Gasteiger partial charge on any atom is 0.167 e. The van der Waals surface area contributed by atoms with Crippen LogP contribution < -0.4 is 0 Å². The second kappa shape index (κ2) is 6.41. The van der Waals surface area contributed by atoms with Gasteiger partial charge in [0.2, 0.25) is 0 Å². The van der Waals surface area contributed by atoms with Gasteiger partial charge in [-0.15, -0.1) is 0 Å². The van der Waals surface area contributed by atoms with Crippen molar-refractivity contribution in [2.45, 2.75) is 32.4 Å². The Bertz CT molecular complexity index is 471. The highest BCUT2D eigenvalue weighted by Gasteiger charge is 2.27. The van der Waals surface area contributed by atoms with Crippen LogP contribution in [0.1, 0.15) is 19.4 Å². The molecule has 20 heavy (non-hydrogen) atoms. The number of hydrogen-bond acceptors (Lipinski definition) is 3. The zero-order chi connectivity index (χ0) is 14.7. The van der Waals surface area contributed by atoms with Gasteiger partial charge in [0.1, 0.15) is 17.7 Å². The van der Waals surface area contributed by atoms with Crippen LogP contribution in [0.4, 0.5) is 8.78 Å². The molecule has 0 bridgehead atoms. The summed E-state index contributed by atoms with van der Waals surface area (Å²) in [6.45, 7) is 5.97. The molecule has 1 aromatic carbocycles. The predicted molar refractivity (Wildman–Crippen MR) is 71.5 cm³/mol. The molecule has 1 saturated heterocycles. The SMILES string of the molecule is CC(C)N1CCOC(C(=O)Cc2cc(F)cc(F)c2)C1. The fourth-order valence-corrected chi connectivity index (χ4v) is 2.36. The van der Waals surface area contributed by atoms with Crippen LogP contribution in [0.2, 0.25) is 0 Å². The van der Waals surface area contributed by atoms with Crippen LogP contribution in [0, 0.1) is 11.6 Å². The number of benzene rings is 1. The zero-order valence-corrected chi connectivity index (χ0v) is 11.7. The monoisotopic (exact) mass is 283 g/mol. The third kappa shape index (κ3) is 3.84. The van der Waals surface area contributed by atoms with Crippen LogP contribution in [-0.4, -0.2) is 42.5 Å². The highest BCUT2D eigenvalue weighted by molar-refractivity contribution is 5.85. The molecule has 5 heteroatoms. The molecular weight excluding hydrogens is 264 g/mol. The largest absolute Gasteiger partial charge is 0.368 e. The van der Waals surface area contributed by atoms with Crippen LogP contribution in [0.25, 0.3) is 0 Å². The lowest BCUT2D eigenvalue weighted by Crippen LogP contribution is -2.49. The van der Waals surface area contributed by atoms with Gasteiger partial charge in [-0.2, -0.15) is 0 Å². The van der Waals surface area contributed by atoms with E-state index >= 15 is 0 Å². The molecule has 0 radical (unpaired) electrons. The average Bonchev–Trinajstić information content (AvgIpc) is 2.37. The minimum Gasteiger partial charge on any atom is -0.368 e. The van der Waals surface area contributed by atoms with Gasteiger partial charge in [0, 0.05) is 31.6 Å². The fourth-order valence-electron chi connectivity index (χ4n) is 2.36. The Balaban J connectivity index is 2.00. The maximum atomic E-state index is 13.1. The van der Waals surface area contributed by atoms with Gasteiger partial charge in [-0.3, -0.25) is 9.69 Å². The first-order chi connectivity index (χ1) is 9.45. The number of hydrogen-bond donors (Lipinski definition) is 0. The summed E-state index contributed by atoms with van der Waals surface area (Å²) in [4.78, 5) is 14.3. The van der Waals surface area contributed by atoms with Crippen molar-refractivity contribution in [3.05, 3.63) is 35.4 Å². The van der Waals surface area contributed by atoms with E-state index in [0.717, 1.165) is 12.6 Å². The van der Waals surface area contributed by atoms with Crippen molar-refractivity contribution in [3.63, 3.8) is 0 Å². The Morgan fingerprint density at radius 2 is 2.00 bits per heavy atom. The summed E-state index contributed by atoms with van der Waals surface area (Å²) in [5, 5.41) is 0. The molecule has 1 heterocycles. The summed E-state index contributed by atoms with van der Waals surface area (Å²) in [5.74, 6) is -1.47. The first kappa shape index (κ1) is 15.1. The van der Waals surface area contributed by atoms with Crippen LogP contribution in [-0.2, 0) is 16.0 Å². The summed E-state index contributed by atoms with van der Waals surface area (Å²) < 4.78 is 31.7. The predicted octanol–water partition coefficient (Wildman–Crippen LogP) is 2.19. The number of ketones is 1. The van der Waals surface area contributed by atoms with E-state index in [1.807, 2.05) is 0 Å². The highest BCUT2D eigenvalue weighted by atomic mass is 19.1. The van der Waals surface area contributed by atoms with Crippen molar-refractivity contribution in [2.75, 3.05) is 19.7 Å². The lowest BCUT2D eigenvalue weighted by atomic mass is 10.0. The van der Waals surface area contributed by atoms with E-state index in [0.29, 0.717) is 24.8 Å². The molecular formula is C15H19F2NO2. The number of halogens is 2. The number of Topliss-reactive ketones (excluding diaryl/α,β-unsaturated/α-hetero) is 1. The Kier molecular flexibility index (Phi) is 4.83. The van der Waals surface area contributed by atoms with Crippen LogP contribution >= 0.6 is 0 Å². The lowest BCUT2D eigenvalue weighted by Gasteiger charge is -2.34. The van der Waals surface area contributed by atoms with Crippen LogP contribution in [0.5, 0.6) is 0 Å². The van der Waals surface area contributed by atoms with E-state index in [1.54, 1.807) is 0 Å². The molecule has 1 aliphatic heterocycles. The van der Waals surface area contributed by atoms with E-state index in [4.69, 9.17) is 4.74 Å². The smallest absolute Gasteiger partial charge is 0.167 e. The van der Waals surface area contributed by atoms with Crippen molar-refractivity contribution in [3.8, 4) is 0 Å². The normalized spacial score (nSPS) is 20.4. The Hall–Kier alpha value is -1.33. The Morgan fingerprint density at radius 1 is 1.35 bits per heavy atom. The molecule has 0 amide bonds. The summed E-state index contributed by atoms with van der Waals surface area (Å²) in [6, 6.07) is 3.51. The van der Waals surface area contributed by atoms with Gasteiger partial charge in [-0.05, 0) is 31.5 Å². The third-order valence-corrected chi connectivity index (χ3v) is 3.49. The van der Waals surface area contributed by atoms with Crippen molar-refractivity contribution >= 4 is 5.78 Å². The minimum atomic E-state index is -0.666. The Labute approximate surface area is 117 Å². The molecule has 0 N–H and O–H groups in total. The molecule has 1 aromatic rings. The number of nitrogens with zero attached hydrogens (tertiary/aromatic N) is 1. The molecule has 2 rings (SSSR count). The molecule has 0 aliphatic carbocycles. The number of carbonyl (C=O) groups excluding carboxylic acids is 1. The van der Waals surface area contributed by atoms with Gasteiger partial charge in [0.15, 0.2) is 5.78 Å². The topological polar surface area (TPSA) is 29.5 Å². The summed E-state index contributed by atoms with van der Waals surface area (Å²) in [6.07, 6.45) is -0.525. The van der Waals surface area contributed by atoms with Crippen LogP contribution in [0.3, 0.4) is 0 Å². The molecule has 0 saturated carbocycles. The van der Waals surface area contributed by atoms with Gasteiger partial charge in [-0.1, -0.05) is 0 Å². The Morgan fingerprint density at radius 3 is 2.60 bits per heavy atom. The molecule has 1 unspecified atom stereocenters. The number of rotatable bonds is 4. The van der Waals surface area contributed by atoms with Gasteiger partial charge >= 0.3 is 0 Å². The summed E-state index contributed by atoms with van der Waals surface area (Å²) in [7, 11) is 0. The van der Waals surface area contributed by atoms with Crippen LogP contribution in [0.15, 0.2) is 18.2 Å². The van der Waals surface area contributed by atoms with E-state index in [9.17, 15) is 13.6 Å². The van der Waals surface area contributed by atoms with Gasteiger partial charge in [0.25, 0.3) is 0 Å². The first-order valence-corrected chi connectivity index (χ1v) is 6.79. The van der Waals surface area contributed by atoms with E-state index < -0.39 is 17.7 Å². The molecule has 1 fully saturated rings. The highest BCUT2D eigenvalue weighted by Crippen LogP contribution is 2.14. The summed E-state index contributed by atoms with van der Waals surface area (Å²) >= 11 is 0. The minimum absolute atomic E-state index is 0.00865. The molecule has 0 aromatic heterocycles. The lowest BCUT2D eigenvalue weighted by molar-refractivity contribution is -0.136. The van der Waals surface area contributed by atoms with Gasteiger partial charge in [-0.25, -0.2) is 8.78 Å². The van der Waals surface area contributed by atoms with Crippen molar-refractivity contribution < 1.29 is 18.3 Å². The van der Waals surface area contributed by atoms with Gasteiger partial charge in [0.05, 0.1) is 6.61 Å². The third-order valence-electron chi connectivity index (χ3n) is 3.49. The molecule has 0 spiro atoms. The first-order valence-electron chi connectivity index (χ1n) is 6.79. The second-order valence-electron chi connectivity index (χ2n) is 5.37. The van der Waals surface area contributed by atoms with Crippen molar-refractivity contribution in [1.82, 2.24) is 4.90 Å². The quantitative estimate of drug-likeness (QED) is 0.848. The number of ether oxygens (including phenoxy) is 1. The van der Waals surface area contributed by atoms with Crippen molar-refractivity contribution in [1.29, 1.82) is 0 Å².